The first-order valence-corrected chi connectivity index (χ1v) is 8.33. The van der Waals surface area contributed by atoms with Crippen molar-refractivity contribution in [2.24, 2.45) is 0 Å². The summed E-state index contributed by atoms with van der Waals surface area (Å²) in [6.07, 6.45) is 1.39. The van der Waals surface area contributed by atoms with E-state index >= 15 is 0 Å². The van der Waals surface area contributed by atoms with Crippen LogP contribution in [-0.2, 0) is 16.0 Å². The van der Waals surface area contributed by atoms with Gasteiger partial charge in [-0.3, -0.25) is 4.79 Å². The Kier molecular flexibility index (Phi) is 6.01. The highest BCUT2D eigenvalue weighted by atomic mass is 16.5. The molecule has 0 fully saturated rings. The summed E-state index contributed by atoms with van der Waals surface area (Å²) in [4.78, 5) is 23.9. The van der Waals surface area contributed by atoms with E-state index in [0.29, 0.717) is 30.8 Å². The maximum absolute atomic E-state index is 12.3. The van der Waals surface area contributed by atoms with Crippen molar-refractivity contribution in [2.45, 2.75) is 47.0 Å². The van der Waals surface area contributed by atoms with E-state index in [2.05, 4.69) is 0 Å². The van der Waals surface area contributed by atoms with Crippen LogP contribution in [0.3, 0.4) is 0 Å². The summed E-state index contributed by atoms with van der Waals surface area (Å²) in [6.45, 7) is 8.52. The molecule has 0 unspecified atom stereocenters. The van der Waals surface area contributed by atoms with Gasteiger partial charge in [0, 0.05) is 22.9 Å². The van der Waals surface area contributed by atoms with Crippen LogP contribution in [0, 0.1) is 13.8 Å². The van der Waals surface area contributed by atoms with Crippen molar-refractivity contribution in [3.63, 3.8) is 0 Å². The first-order chi connectivity index (χ1) is 11.5. The Balaban J connectivity index is 2.39. The Labute approximate surface area is 141 Å². The lowest BCUT2D eigenvalue weighted by Crippen LogP contribution is -2.14. The van der Waals surface area contributed by atoms with Crippen molar-refractivity contribution < 1.29 is 18.7 Å². The predicted molar refractivity (Wildman–Crippen MR) is 92.7 cm³/mol. The van der Waals surface area contributed by atoms with Crippen LogP contribution in [0.15, 0.2) is 21.3 Å². The van der Waals surface area contributed by atoms with Crippen LogP contribution in [-0.4, -0.2) is 19.2 Å². The number of fused-ring (bicyclic) bond motifs is 1. The van der Waals surface area contributed by atoms with Gasteiger partial charge in [-0.25, -0.2) is 4.79 Å². The van der Waals surface area contributed by atoms with Crippen molar-refractivity contribution in [3.8, 4) is 5.75 Å². The van der Waals surface area contributed by atoms with E-state index in [4.69, 9.17) is 13.9 Å². The first-order valence-electron chi connectivity index (χ1n) is 8.33. The molecule has 0 amide bonds. The lowest BCUT2D eigenvalue weighted by atomic mass is 10.0. The zero-order valence-corrected chi connectivity index (χ0v) is 14.7. The fraction of sp³-hybridized carbons (Fsp3) is 0.474. The van der Waals surface area contributed by atoms with Gasteiger partial charge in [0.15, 0.2) is 0 Å². The minimum absolute atomic E-state index is 0.168. The minimum atomic E-state index is -0.403. The Morgan fingerprint density at radius 3 is 2.58 bits per heavy atom. The van der Waals surface area contributed by atoms with Gasteiger partial charge >= 0.3 is 11.6 Å². The Hall–Kier alpha value is -2.30. The second kappa shape index (κ2) is 7.99. The Bertz CT molecular complexity index is 788. The topological polar surface area (TPSA) is 65.7 Å². The molecule has 5 nitrogen and oxygen atoms in total. The summed E-state index contributed by atoms with van der Waals surface area (Å²) >= 11 is 0. The molecule has 0 N–H and O–H groups in total. The Morgan fingerprint density at radius 1 is 1.17 bits per heavy atom. The molecule has 1 aromatic heterocycles. The number of aryl methyl sites for hydroxylation is 2. The van der Waals surface area contributed by atoms with E-state index in [1.807, 2.05) is 32.9 Å². The summed E-state index contributed by atoms with van der Waals surface area (Å²) in [6, 6.07) is 3.80. The van der Waals surface area contributed by atoms with Crippen molar-refractivity contribution in [1.82, 2.24) is 0 Å². The number of hydrogen-bond donors (Lipinski definition) is 0. The van der Waals surface area contributed by atoms with Crippen molar-refractivity contribution in [2.75, 3.05) is 13.2 Å². The second-order valence-electron chi connectivity index (χ2n) is 5.71. The van der Waals surface area contributed by atoms with Crippen LogP contribution in [0.25, 0.3) is 11.0 Å². The highest BCUT2D eigenvalue weighted by Gasteiger charge is 2.16. The molecule has 1 aromatic carbocycles. The highest BCUT2D eigenvalue weighted by Crippen LogP contribution is 2.29. The number of carbonyl (C=O) groups is 1. The fourth-order valence-electron chi connectivity index (χ4n) is 2.69. The number of carbonyl (C=O) groups excluding carboxylic acids is 1. The third-order valence-corrected chi connectivity index (χ3v) is 4.00. The van der Waals surface area contributed by atoms with E-state index in [-0.39, 0.29) is 12.4 Å². The summed E-state index contributed by atoms with van der Waals surface area (Å²) in [5, 5.41) is 0.870. The van der Waals surface area contributed by atoms with Crippen molar-refractivity contribution in [3.05, 3.63) is 39.2 Å². The van der Waals surface area contributed by atoms with Crippen LogP contribution in [0.4, 0.5) is 0 Å². The summed E-state index contributed by atoms with van der Waals surface area (Å²) < 4.78 is 16.1. The molecule has 0 saturated carbocycles. The summed E-state index contributed by atoms with van der Waals surface area (Å²) in [5.41, 5.74) is 2.33. The van der Waals surface area contributed by atoms with E-state index in [1.165, 1.54) is 0 Å². The van der Waals surface area contributed by atoms with E-state index in [9.17, 15) is 9.59 Å². The van der Waals surface area contributed by atoms with Gasteiger partial charge in [0.2, 0.25) is 0 Å². The molecule has 5 heteroatoms. The van der Waals surface area contributed by atoms with Gasteiger partial charge in [-0.05, 0) is 51.3 Å². The molecule has 130 valence electrons. The molecule has 2 rings (SSSR count). The lowest BCUT2D eigenvalue weighted by molar-refractivity contribution is -0.143. The monoisotopic (exact) mass is 332 g/mol. The number of ether oxygens (including phenoxy) is 2. The molecule has 0 radical (unpaired) electrons. The van der Waals surface area contributed by atoms with Crippen LogP contribution < -0.4 is 10.4 Å². The molecule has 0 aliphatic carbocycles. The highest BCUT2D eigenvalue weighted by molar-refractivity contribution is 5.85. The summed E-state index contributed by atoms with van der Waals surface area (Å²) in [5.74, 6) is 0.419. The first kappa shape index (κ1) is 18.0. The average Bonchev–Trinajstić information content (AvgIpc) is 2.55. The average molecular weight is 332 g/mol. The maximum atomic E-state index is 12.3. The minimum Gasteiger partial charge on any atom is -0.493 e. The quantitative estimate of drug-likeness (QED) is 0.571. The largest absolute Gasteiger partial charge is 0.493 e. The van der Waals surface area contributed by atoms with Crippen LogP contribution in [0.5, 0.6) is 5.75 Å². The molecule has 0 aliphatic rings. The molecular weight excluding hydrogens is 308 g/mol. The zero-order valence-electron chi connectivity index (χ0n) is 14.7. The molecule has 24 heavy (non-hydrogen) atoms. The van der Waals surface area contributed by atoms with Gasteiger partial charge in [0.25, 0.3) is 0 Å². The predicted octanol–water partition coefficient (Wildman–Crippen LogP) is 3.69. The van der Waals surface area contributed by atoms with E-state index in [1.54, 1.807) is 6.92 Å². The standard InChI is InChI=1S/C19H24O5/c1-5-11-23-16-9-7-14-12(3)15(8-10-17(20)22-6-2)19(21)24-18(14)13(16)4/h7,9H,5-6,8,10-11H2,1-4H3. The fourth-order valence-corrected chi connectivity index (χ4v) is 2.69. The van der Waals surface area contributed by atoms with Crippen LogP contribution >= 0.6 is 0 Å². The molecule has 0 aliphatic heterocycles. The van der Waals surface area contributed by atoms with E-state index < -0.39 is 5.63 Å². The maximum Gasteiger partial charge on any atom is 0.339 e. The molecule has 0 bridgehead atoms. The molecular formula is C19H24O5. The van der Waals surface area contributed by atoms with Gasteiger partial charge in [-0.2, -0.15) is 0 Å². The molecule has 2 aromatic rings. The summed E-state index contributed by atoms with van der Waals surface area (Å²) in [7, 11) is 0. The normalized spacial score (nSPS) is 10.8. The second-order valence-corrected chi connectivity index (χ2v) is 5.71. The SMILES string of the molecule is CCCOc1ccc2c(C)c(CCC(=O)OCC)c(=O)oc2c1C. The third kappa shape index (κ3) is 3.78. The van der Waals surface area contributed by atoms with E-state index in [0.717, 1.165) is 28.7 Å². The number of rotatable bonds is 7. The van der Waals surface area contributed by atoms with Crippen LogP contribution in [0.2, 0.25) is 0 Å². The van der Waals surface area contributed by atoms with Crippen molar-refractivity contribution in [1.29, 1.82) is 0 Å². The molecule has 0 atom stereocenters. The smallest absolute Gasteiger partial charge is 0.339 e. The number of hydrogen-bond acceptors (Lipinski definition) is 5. The molecule has 0 saturated heterocycles. The van der Waals surface area contributed by atoms with Gasteiger partial charge in [0.05, 0.1) is 13.2 Å². The molecule has 1 heterocycles. The van der Waals surface area contributed by atoms with Gasteiger partial charge in [-0.15, -0.1) is 0 Å². The lowest BCUT2D eigenvalue weighted by Gasteiger charge is -2.12. The van der Waals surface area contributed by atoms with Gasteiger partial charge in [0.1, 0.15) is 11.3 Å². The molecule has 0 spiro atoms. The zero-order chi connectivity index (χ0) is 17.7. The third-order valence-electron chi connectivity index (χ3n) is 4.00. The number of benzene rings is 1. The Morgan fingerprint density at radius 2 is 1.92 bits per heavy atom. The van der Waals surface area contributed by atoms with Crippen LogP contribution in [0.1, 0.15) is 43.4 Å². The van der Waals surface area contributed by atoms with Gasteiger partial charge < -0.3 is 13.9 Å². The van der Waals surface area contributed by atoms with Gasteiger partial charge in [-0.1, -0.05) is 6.92 Å². The van der Waals surface area contributed by atoms with Crippen molar-refractivity contribution >= 4 is 16.9 Å². The number of esters is 1.